The van der Waals surface area contributed by atoms with E-state index >= 15 is 0 Å². The number of nitrogens with one attached hydrogen (secondary N) is 2. The van der Waals surface area contributed by atoms with E-state index in [2.05, 4.69) is 45.9 Å². The largest absolute Gasteiger partial charge is 0.316 e. The minimum Gasteiger partial charge on any atom is -0.316 e. The third kappa shape index (κ3) is 3.68. The summed E-state index contributed by atoms with van der Waals surface area (Å²) in [5.41, 5.74) is 1.97. The third-order valence-corrected chi connectivity index (χ3v) is 5.47. The van der Waals surface area contributed by atoms with Crippen LogP contribution in [0.15, 0.2) is 47.8 Å². The van der Waals surface area contributed by atoms with Gasteiger partial charge in [-0.05, 0) is 35.8 Å². The van der Waals surface area contributed by atoms with Gasteiger partial charge in [-0.1, -0.05) is 43.3 Å². The molecule has 0 bridgehead atoms. The molecule has 6 heteroatoms. The van der Waals surface area contributed by atoms with Gasteiger partial charge in [0.1, 0.15) is 0 Å². The number of carbonyl (C=O) groups excluding carboxylic acids is 1. The van der Waals surface area contributed by atoms with Gasteiger partial charge in [-0.2, -0.15) is 0 Å². The summed E-state index contributed by atoms with van der Waals surface area (Å²) >= 11 is 1.47. The Morgan fingerprint density at radius 1 is 1.24 bits per heavy atom. The molecule has 2 heterocycles. The SMILES string of the molecule is CC(C(=O)Nc1nc(-c2ccc3ccccc3c2)cs1)C1CNC1.Cl. The molecule has 1 aromatic heterocycles. The van der Waals surface area contributed by atoms with Crippen LogP contribution in [0.25, 0.3) is 22.0 Å². The van der Waals surface area contributed by atoms with Crippen LogP contribution in [0.3, 0.4) is 0 Å². The summed E-state index contributed by atoms with van der Waals surface area (Å²) in [6.07, 6.45) is 0. The second kappa shape index (κ2) is 7.52. The Morgan fingerprint density at radius 3 is 2.72 bits per heavy atom. The fourth-order valence-electron chi connectivity index (χ4n) is 2.91. The van der Waals surface area contributed by atoms with Gasteiger partial charge in [-0.3, -0.25) is 4.79 Å². The number of halogens is 1. The van der Waals surface area contributed by atoms with Crippen LogP contribution in [0, 0.1) is 11.8 Å². The van der Waals surface area contributed by atoms with Crippen molar-refractivity contribution in [3.05, 3.63) is 47.8 Å². The molecule has 130 valence electrons. The van der Waals surface area contributed by atoms with E-state index in [4.69, 9.17) is 0 Å². The van der Waals surface area contributed by atoms with Crippen LogP contribution in [0.2, 0.25) is 0 Å². The summed E-state index contributed by atoms with van der Waals surface area (Å²) in [6.45, 7) is 3.84. The number of anilines is 1. The molecule has 1 saturated heterocycles. The average Bonchev–Trinajstić information content (AvgIpc) is 3.01. The van der Waals surface area contributed by atoms with Crippen molar-refractivity contribution in [2.45, 2.75) is 6.92 Å². The van der Waals surface area contributed by atoms with Gasteiger partial charge in [0.2, 0.25) is 5.91 Å². The maximum absolute atomic E-state index is 12.3. The van der Waals surface area contributed by atoms with Gasteiger partial charge < -0.3 is 10.6 Å². The van der Waals surface area contributed by atoms with Crippen molar-refractivity contribution in [2.75, 3.05) is 18.4 Å². The molecule has 2 aromatic carbocycles. The maximum atomic E-state index is 12.3. The Balaban J connectivity index is 0.00000182. The highest BCUT2D eigenvalue weighted by Gasteiger charge is 2.29. The first-order valence-corrected chi connectivity index (χ1v) is 9.05. The smallest absolute Gasteiger partial charge is 0.229 e. The number of nitrogens with zero attached hydrogens (tertiary/aromatic N) is 1. The Morgan fingerprint density at radius 2 is 2.00 bits per heavy atom. The number of benzene rings is 2. The fraction of sp³-hybridized carbons (Fsp3) is 0.263. The van der Waals surface area contributed by atoms with E-state index in [0.717, 1.165) is 24.3 Å². The van der Waals surface area contributed by atoms with Crippen LogP contribution in [0.4, 0.5) is 5.13 Å². The van der Waals surface area contributed by atoms with Crippen molar-refractivity contribution in [2.24, 2.45) is 11.8 Å². The van der Waals surface area contributed by atoms with Crippen LogP contribution >= 0.6 is 23.7 Å². The van der Waals surface area contributed by atoms with E-state index in [0.29, 0.717) is 11.0 Å². The van der Waals surface area contributed by atoms with Crippen LogP contribution in [-0.4, -0.2) is 24.0 Å². The average molecular weight is 374 g/mol. The van der Waals surface area contributed by atoms with Gasteiger partial charge in [-0.15, -0.1) is 23.7 Å². The lowest BCUT2D eigenvalue weighted by atomic mass is 9.88. The first kappa shape index (κ1) is 17.9. The second-order valence-corrected chi connectivity index (χ2v) is 7.15. The van der Waals surface area contributed by atoms with Gasteiger partial charge in [0, 0.05) is 16.9 Å². The van der Waals surface area contributed by atoms with Gasteiger partial charge in [0.15, 0.2) is 5.13 Å². The standard InChI is InChI=1S/C19H19N3OS.ClH/c1-12(16-9-20-10-16)18(23)22-19-21-17(11-24-19)15-7-6-13-4-2-3-5-14(13)8-15;/h2-8,11-12,16,20H,9-10H2,1H3,(H,21,22,23);1H. The van der Waals surface area contributed by atoms with Gasteiger partial charge in [-0.25, -0.2) is 4.98 Å². The van der Waals surface area contributed by atoms with Crippen molar-refractivity contribution in [1.29, 1.82) is 0 Å². The normalized spacial score (nSPS) is 15.2. The summed E-state index contributed by atoms with van der Waals surface area (Å²) in [7, 11) is 0. The van der Waals surface area contributed by atoms with Crippen molar-refractivity contribution in [3.8, 4) is 11.3 Å². The van der Waals surface area contributed by atoms with Crippen LogP contribution < -0.4 is 10.6 Å². The fourth-order valence-corrected chi connectivity index (χ4v) is 3.63. The van der Waals surface area contributed by atoms with Crippen LogP contribution in [0.1, 0.15) is 6.92 Å². The highest BCUT2D eigenvalue weighted by molar-refractivity contribution is 7.14. The number of thiazole rings is 1. The van der Waals surface area contributed by atoms with Crippen molar-refractivity contribution >= 4 is 45.6 Å². The summed E-state index contributed by atoms with van der Waals surface area (Å²) in [5, 5.41) is 11.2. The first-order valence-electron chi connectivity index (χ1n) is 8.17. The van der Waals surface area contributed by atoms with Gasteiger partial charge in [0.05, 0.1) is 5.69 Å². The van der Waals surface area contributed by atoms with Gasteiger partial charge in [0.25, 0.3) is 0 Å². The molecule has 1 fully saturated rings. The number of hydrogen-bond acceptors (Lipinski definition) is 4. The molecule has 1 aliphatic rings. The summed E-state index contributed by atoms with van der Waals surface area (Å²) in [6, 6.07) is 14.6. The predicted octanol–water partition coefficient (Wildman–Crippen LogP) is 4.18. The lowest BCUT2D eigenvalue weighted by Crippen LogP contribution is -2.48. The zero-order valence-electron chi connectivity index (χ0n) is 13.9. The van der Waals surface area contributed by atoms with E-state index in [1.807, 2.05) is 24.4 Å². The molecule has 1 amide bonds. The molecule has 0 radical (unpaired) electrons. The summed E-state index contributed by atoms with van der Waals surface area (Å²) in [4.78, 5) is 16.9. The molecule has 3 aromatic rings. The molecular formula is C19H20ClN3OS. The molecule has 1 aliphatic heterocycles. The second-order valence-electron chi connectivity index (χ2n) is 6.30. The Hall–Kier alpha value is -1.95. The summed E-state index contributed by atoms with van der Waals surface area (Å²) in [5.74, 6) is 0.505. The van der Waals surface area contributed by atoms with Crippen LogP contribution in [-0.2, 0) is 4.79 Å². The number of fused-ring (bicyclic) bond motifs is 1. The van der Waals surface area contributed by atoms with Crippen molar-refractivity contribution in [1.82, 2.24) is 10.3 Å². The zero-order chi connectivity index (χ0) is 16.5. The van der Waals surface area contributed by atoms with Crippen LogP contribution in [0.5, 0.6) is 0 Å². The maximum Gasteiger partial charge on any atom is 0.229 e. The predicted molar refractivity (Wildman–Crippen MR) is 106 cm³/mol. The van der Waals surface area contributed by atoms with E-state index in [1.165, 1.54) is 22.1 Å². The molecule has 1 unspecified atom stereocenters. The van der Waals surface area contributed by atoms with E-state index in [-0.39, 0.29) is 24.2 Å². The molecule has 0 spiro atoms. The minimum atomic E-state index is 0. The lowest BCUT2D eigenvalue weighted by molar-refractivity contribution is -0.121. The Bertz CT molecular complexity index is 891. The lowest BCUT2D eigenvalue weighted by Gasteiger charge is -2.31. The number of hydrogen-bond donors (Lipinski definition) is 2. The van der Waals surface area contributed by atoms with Crippen molar-refractivity contribution < 1.29 is 4.79 Å². The molecular weight excluding hydrogens is 354 g/mol. The Kier molecular flexibility index (Phi) is 5.37. The summed E-state index contributed by atoms with van der Waals surface area (Å²) < 4.78 is 0. The molecule has 0 aliphatic carbocycles. The van der Waals surface area contributed by atoms with Crippen molar-refractivity contribution in [3.63, 3.8) is 0 Å². The number of carbonyl (C=O) groups is 1. The Labute approximate surface area is 157 Å². The number of aromatic nitrogens is 1. The quantitative estimate of drug-likeness (QED) is 0.721. The molecule has 4 nitrogen and oxygen atoms in total. The van der Waals surface area contributed by atoms with Gasteiger partial charge >= 0.3 is 0 Å². The highest BCUT2D eigenvalue weighted by Crippen LogP contribution is 2.28. The number of amides is 1. The number of rotatable bonds is 4. The highest BCUT2D eigenvalue weighted by atomic mass is 35.5. The third-order valence-electron chi connectivity index (χ3n) is 4.71. The molecule has 25 heavy (non-hydrogen) atoms. The zero-order valence-corrected chi connectivity index (χ0v) is 15.5. The van der Waals surface area contributed by atoms with E-state index < -0.39 is 0 Å². The van der Waals surface area contributed by atoms with E-state index in [9.17, 15) is 4.79 Å². The monoisotopic (exact) mass is 373 g/mol. The van der Waals surface area contributed by atoms with E-state index in [1.54, 1.807) is 0 Å². The molecule has 0 saturated carbocycles. The molecule has 2 N–H and O–H groups in total. The first-order chi connectivity index (χ1) is 11.7. The topological polar surface area (TPSA) is 54.0 Å². The molecule has 1 atom stereocenters. The minimum absolute atomic E-state index is 0. The molecule has 4 rings (SSSR count).